The molecule has 0 fully saturated rings. The lowest BCUT2D eigenvalue weighted by atomic mass is 9.94. The second kappa shape index (κ2) is 12.2. The van der Waals surface area contributed by atoms with E-state index in [1.807, 2.05) is 18.5 Å². The molecular weight excluding hydrogens is 350 g/mol. The Balaban J connectivity index is 1.97. The molecule has 0 aliphatic rings. The van der Waals surface area contributed by atoms with Gasteiger partial charge in [0.05, 0.1) is 0 Å². The fourth-order valence-electron chi connectivity index (χ4n) is 3.30. The van der Waals surface area contributed by atoms with Crippen LogP contribution in [0.3, 0.4) is 0 Å². The molecule has 6 heteroatoms. The van der Waals surface area contributed by atoms with Gasteiger partial charge < -0.3 is 20.3 Å². The van der Waals surface area contributed by atoms with E-state index in [2.05, 4.69) is 65.2 Å². The number of aliphatic hydroxyl groups is 1. The van der Waals surface area contributed by atoms with Crippen LogP contribution < -0.4 is 10.6 Å². The number of aliphatic hydroxyl groups excluding tert-OH is 1. The number of hydrogen-bond donors (Lipinski definition) is 3. The van der Waals surface area contributed by atoms with Gasteiger partial charge in [0.2, 0.25) is 0 Å². The predicted molar refractivity (Wildman–Crippen MR) is 115 cm³/mol. The van der Waals surface area contributed by atoms with Gasteiger partial charge in [-0.1, -0.05) is 44.2 Å². The highest BCUT2D eigenvalue weighted by Gasteiger charge is 2.11. The van der Waals surface area contributed by atoms with Crippen molar-refractivity contribution in [2.45, 2.75) is 46.7 Å². The molecule has 6 nitrogen and oxygen atoms in total. The molecule has 0 saturated carbocycles. The summed E-state index contributed by atoms with van der Waals surface area (Å²) in [5.41, 5.74) is 1.25. The van der Waals surface area contributed by atoms with E-state index in [1.54, 1.807) is 0 Å². The van der Waals surface area contributed by atoms with Gasteiger partial charge in [0.15, 0.2) is 5.96 Å². The predicted octanol–water partition coefficient (Wildman–Crippen LogP) is 3.03. The first kappa shape index (κ1) is 22.0. The van der Waals surface area contributed by atoms with E-state index in [-0.39, 0.29) is 6.61 Å². The van der Waals surface area contributed by atoms with Gasteiger partial charge in [-0.15, -0.1) is 0 Å². The summed E-state index contributed by atoms with van der Waals surface area (Å²) < 4.78 is 2.13. The smallest absolute Gasteiger partial charge is 0.191 e. The lowest BCUT2D eigenvalue weighted by Crippen LogP contribution is -2.40. The van der Waals surface area contributed by atoms with Crippen LogP contribution in [0.5, 0.6) is 0 Å². The van der Waals surface area contributed by atoms with Crippen molar-refractivity contribution in [3.8, 4) is 0 Å². The van der Waals surface area contributed by atoms with Crippen LogP contribution in [-0.4, -0.2) is 40.3 Å². The maximum Gasteiger partial charge on any atom is 0.191 e. The average Bonchev–Trinajstić information content (AvgIpc) is 3.11. The third-order valence-corrected chi connectivity index (χ3v) is 4.62. The van der Waals surface area contributed by atoms with Crippen LogP contribution in [0.4, 0.5) is 0 Å². The van der Waals surface area contributed by atoms with Crippen molar-refractivity contribution in [3.05, 3.63) is 54.1 Å². The molecule has 0 aliphatic carbocycles. The second-order valence-electron chi connectivity index (χ2n) is 7.54. The summed E-state index contributed by atoms with van der Waals surface area (Å²) in [6.45, 7) is 9.65. The average molecular weight is 386 g/mol. The van der Waals surface area contributed by atoms with Gasteiger partial charge in [0, 0.05) is 38.6 Å². The van der Waals surface area contributed by atoms with E-state index < -0.39 is 0 Å². The topological polar surface area (TPSA) is 74.5 Å². The molecule has 0 aliphatic heterocycles. The minimum Gasteiger partial charge on any atom is -0.396 e. The molecule has 1 aromatic heterocycles. The highest BCUT2D eigenvalue weighted by molar-refractivity contribution is 5.79. The van der Waals surface area contributed by atoms with Crippen LogP contribution in [0.2, 0.25) is 0 Å². The summed E-state index contributed by atoms with van der Waals surface area (Å²) in [5.74, 6) is 2.79. The SMILES string of the molecule is CCNC(=NCc1nccn1Cc1ccccc1)NCC(CCO)CC(C)C. The van der Waals surface area contributed by atoms with Crippen LogP contribution in [-0.2, 0) is 13.1 Å². The quantitative estimate of drug-likeness (QED) is 0.411. The summed E-state index contributed by atoms with van der Waals surface area (Å²) >= 11 is 0. The Morgan fingerprint density at radius 2 is 2.00 bits per heavy atom. The normalized spacial score (nSPS) is 13.0. The zero-order chi connectivity index (χ0) is 20.2. The summed E-state index contributed by atoms with van der Waals surface area (Å²) in [4.78, 5) is 9.19. The Morgan fingerprint density at radius 3 is 2.68 bits per heavy atom. The molecule has 3 N–H and O–H groups in total. The molecule has 0 radical (unpaired) electrons. The molecule has 1 unspecified atom stereocenters. The van der Waals surface area contributed by atoms with Crippen molar-refractivity contribution in [1.29, 1.82) is 0 Å². The molecule has 0 bridgehead atoms. The molecule has 2 aromatic rings. The molecule has 1 aromatic carbocycles. The van der Waals surface area contributed by atoms with E-state index in [0.717, 1.165) is 44.3 Å². The molecule has 28 heavy (non-hydrogen) atoms. The van der Waals surface area contributed by atoms with Crippen LogP contribution in [0.15, 0.2) is 47.7 Å². The number of aliphatic imine (C=N–C) groups is 1. The highest BCUT2D eigenvalue weighted by atomic mass is 16.3. The Labute approximate surface area is 169 Å². The zero-order valence-corrected chi connectivity index (χ0v) is 17.4. The van der Waals surface area contributed by atoms with E-state index in [1.165, 1.54) is 5.56 Å². The summed E-state index contributed by atoms with van der Waals surface area (Å²) in [6.07, 6.45) is 5.73. The fraction of sp³-hybridized carbons (Fsp3) is 0.545. The van der Waals surface area contributed by atoms with E-state index in [9.17, 15) is 5.11 Å². The molecule has 2 rings (SSSR count). The number of imidazole rings is 1. The van der Waals surface area contributed by atoms with Gasteiger partial charge in [0.25, 0.3) is 0 Å². The minimum absolute atomic E-state index is 0.226. The first-order valence-corrected chi connectivity index (χ1v) is 10.3. The van der Waals surface area contributed by atoms with Crippen molar-refractivity contribution in [3.63, 3.8) is 0 Å². The molecule has 1 atom stereocenters. The van der Waals surface area contributed by atoms with Crippen LogP contribution in [0.25, 0.3) is 0 Å². The van der Waals surface area contributed by atoms with Crippen molar-refractivity contribution in [2.75, 3.05) is 19.7 Å². The molecule has 0 saturated heterocycles. The summed E-state index contributed by atoms with van der Waals surface area (Å²) in [5, 5.41) is 16.1. The van der Waals surface area contributed by atoms with Gasteiger partial charge in [-0.3, -0.25) is 0 Å². The Bertz CT molecular complexity index is 696. The maximum absolute atomic E-state index is 9.31. The van der Waals surface area contributed by atoms with E-state index >= 15 is 0 Å². The van der Waals surface area contributed by atoms with Gasteiger partial charge >= 0.3 is 0 Å². The number of aromatic nitrogens is 2. The number of hydrogen-bond acceptors (Lipinski definition) is 3. The van der Waals surface area contributed by atoms with Gasteiger partial charge in [0.1, 0.15) is 12.4 Å². The summed E-state index contributed by atoms with van der Waals surface area (Å²) in [7, 11) is 0. The highest BCUT2D eigenvalue weighted by Crippen LogP contribution is 2.14. The van der Waals surface area contributed by atoms with Crippen LogP contribution in [0, 0.1) is 11.8 Å². The molecule has 154 valence electrons. The van der Waals surface area contributed by atoms with Crippen molar-refractivity contribution in [1.82, 2.24) is 20.2 Å². The van der Waals surface area contributed by atoms with Crippen molar-refractivity contribution < 1.29 is 5.11 Å². The first-order valence-electron chi connectivity index (χ1n) is 10.3. The number of nitrogens with one attached hydrogen (secondary N) is 2. The van der Waals surface area contributed by atoms with E-state index in [0.29, 0.717) is 18.4 Å². The summed E-state index contributed by atoms with van der Waals surface area (Å²) in [6, 6.07) is 10.4. The minimum atomic E-state index is 0.226. The number of rotatable bonds is 11. The third kappa shape index (κ3) is 7.72. The standard InChI is InChI=1S/C22H35N5O/c1-4-23-22(25-15-20(10-13-28)14-18(2)3)26-16-21-24-11-12-27(21)17-19-8-6-5-7-9-19/h5-9,11-12,18,20,28H,4,10,13-17H2,1-3H3,(H2,23,25,26). The monoisotopic (exact) mass is 385 g/mol. The first-order chi connectivity index (χ1) is 13.6. The lowest BCUT2D eigenvalue weighted by Gasteiger charge is -2.20. The Kier molecular flexibility index (Phi) is 9.55. The van der Waals surface area contributed by atoms with Gasteiger partial charge in [-0.2, -0.15) is 0 Å². The Morgan fingerprint density at radius 1 is 1.21 bits per heavy atom. The lowest BCUT2D eigenvalue weighted by molar-refractivity contribution is 0.243. The maximum atomic E-state index is 9.31. The van der Waals surface area contributed by atoms with Gasteiger partial charge in [-0.05, 0) is 37.2 Å². The third-order valence-electron chi connectivity index (χ3n) is 4.62. The number of guanidine groups is 1. The fourth-order valence-corrected chi connectivity index (χ4v) is 3.30. The van der Waals surface area contributed by atoms with Gasteiger partial charge in [-0.25, -0.2) is 9.98 Å². The van der Waals surface area contributed by atoms with Crippen LogP contribution >= 0.6 is 0 Å². The van der Waals surface area contributed by atoms with E-state index in [4.69, 9.17) is 4.99 Å². The van der Waals surface area contributed by atoms with Crippen LogP contribution in [0.1, 0.15) is 45.0 Å². The largest absolute Gasteiger partial charge is 0.396 e. The number of benzene rings is 1. The molecule has 1 heterocycles. The number of nitrogens with zero attached hydrogens (tertiary/aromatic N) is 3. The molecule has 0 spiro atoms. The molecule has 0 amide bonds. The Hall–Kier alpha value is -2.34. The van der Waals surface area contributed by atoms with Crippen molar-refractivity contribution >= 4 is 5.96 Å². The second-order valence-corrected chi connectivity index (χ2v) is 7.54. The molecular formula is C22H35N5O. The zero-order valence-electron chi connectivity index (χ0n) is 17.4. The van der Waals surface area contributed by atoms with Crippen molar-refractivity contribution in [2.24, 2.45) is 16.8 Å².